The molecule has 9 aromatic rings. The Labute approximate surface area is 319 Å². The molecular weight excluding hydrogens is 675 g/mol. The van der Waals surface area contributed by atoms with Crippen molar-refractivity contribution < 1.29 is 0 Å². The van der Waals surface area contributed by atoms with Gasteiger partial charge >= 0.3 is 0 Å². The maximum absolute atomic E-state index is 15.5. The fourth-order valence-corrected chi connectivity index (χ4v) is 12.9. The van der Waals surface area contributed by atoms with Crippen LogP contribution < -0.4 is 10.9 Å². The highest BCUT2D eigenvalue weighted by Gasteiger charge is 2.49. The van der Waals surface area contributed by atoms with Gasteiger partial charge in [-0.2, -0.15) is 0 Å². The Morgan fingerprint density at radius 3 is 1.20 bits per heavy atom. The first-order valence-corrected chi connectivity index (χ1v) is 20.8. The van der Waals surface area contributed by atoms with Gasteiger partial charge in [-0.15, -0.1) is 0 Å². The molecule has 0 N–H and O–H groups in total. The Morgan fingerprint density at radius 1 is 0.473 bits per heavy atom. The van der Waals surface area contributed by atoms with Crippen molar-refractivity contribution in [2.75, 3.05) is 0 Å². The van der Waals surface area contributed by atoms with Gasteiger partial charge in [0, 0.05) is 21.5 Å². The van der Waals surface area contributed by atoms with Gasteiger partial charge in [-0.25, -0.2) is 0 Å². The van der Waals surface area contributed by atoms with Crippen LogP contribution in [-0.2, 0) is 27.1 Å². The van der Waals surface area contributed by atoms with E-state index < -0.39 is 0 Å². The molecule has 274 valence electrons. The Kier molecular flexibility index (Phi) is 5.15. The predicted octanol–water partition coefficient (Wildman–Crippen LogP) is 11.3. The summed E-state index contributed by atoms with van der Waals surface area (Å²) in [5, 5.41) is 4.90. The summed E-state index contributed by atoms with van der Waals surface area (Å²) in [7, 11) is 0. The van der Waals surface area contributed by atoms with E-state index in [9.17, 15) is 0 Å². The molecule has 0 amide bonds. The number of para-hydroxylation sites is 2. The molecule has 0 aliphatic heterocycles. The van der Waals surface area contributed by atoms with Crippen LogP contribution in [0.2, 0.25) is 0 Å². The monoisotopic (exact) mass is 721 g/mol. The largest absolute Gasteiger partial charge is 0.293 e. The van der Waals surface area contributed by atoms with Gasteiger partial charge in [0.1, 0.15) is 11.3 Å². The normalized spacial score (nSPS) is 27.8. The number of pyridine rings is 2. The third-order valence-electron chi connectivity index (χ3n) is 16.6. The maximum atomic E-state index is 15.5. The van der Waals surface area contributed by atoms with Crippen LogP contribution in [0.15, 0.2) is 70.3 Å². The van der Waals surface area contributed by atoms with Crippen molar-refractivity contribution >= 4 is 71.2 Å². The number of fused-ring (bicyclic) bond motifs is 13. The summed E-state index contributed by atoms with van der Waals surface area (Å²) in [6.45, 7) is 16.4. The van der Waals surface area contributed by atoms with E-state index in [2.05, 4.69) is 122 Å². The van der Waals surface area contributed by atoms with E-state index >= 15 is 9.59 Å². The lowest BCUT2D eigenvalue weighted by atomic mass is 9.52. The first kappa shape index (κ1) is 31.3. The highest BCUT2D eigenvalue weighted by atomic mass is 16.1. The lowest BCUT2D eigenvalue weighted by Crippen LogP contribution is -2.44. The number of nitrogens with zero attached hydrogens (tertiary/aromatic N) is 3. The third-order valence-corrected chi connectivity index (χ3v) is 16.6. The van der Waals surface area contributed by atoms with Crippen LogP contribution in [0, 0.1) is 0 Å². The summed E-state index contributed by atoms with van der Waals surface area (Å²) >= 11 is 0. The van der Waals surface area contributed by atoms with E-state index in [1.165, 1.54) is 73.6 Å². The highest BCUT2D eigenvalue weighted by Crippen LogP contribution is 2.59. The molecule has 55 heavy (non-hydrogen) atoms. The zero-order valence-electron chi connectivity index (χ0n) is 33.1. The number of rotatable bonds is 0. The molecular formula is C50H47N3O2. The summed E-state index contributed by atoms with van der Waals surface area (Å²) in [5.41, 5.74) is 13.8. The van der Waals surface area contributed by atoms with E-state index in [1.807, 2.05) is 0 Å². The zero-order chi connectivity index (χ0) is 37.5. The molecule has 15 rings (SSSR count). The van der Waals surface area contributed by atoms with Crippen molar-refractivity contribution in [2.45, 2.75) is 127 Å². The van der Waals surface area contributed by atoms with Gasteiger partial charge in [-0.05, 0) is 155 Å². The fourth-order valence-electron chi connectivity index (χ4n) is 12.9. The fraction of sp³-hybridized carbons (Fsp3) is 0.400. The first-order chi connectivity index (χ1) is 26.1. The van der Waals surface area contributed by atoms with Crippen LogP contribution >= 0.6 is 0 Å². The Hall–Kier alpha value is -4.90. The summed E-state index contributed by atoms with van der Waals surface area (Å²) in [4.78, 5) is 31.0. The first-order valence-electron chi connectivity index (χ1n) is 20.8. The molecule has 5 heteroatoms. The van der Waals surface area contributed by atoms with Crippen LogP contribution in [0.3, 0.4) is 0 Å². The number of hydrogen-bond donors (Lipinski definition) is 0. The van der Waals surface area contributed by atoms with Gasteiger partial charge in [-0.3, -0.25) is 22.8 Å². The maximum Gasteiger partial charge on any atom is 0.199 e. The van der Waals surface area contributed by atoms with Crippen LogP contribution in [0.1, 0.15) is 128 Å². The molecule has 0 saturated heterocycles. The van der Waals surface area contributed by atoms with Crippen LogP contribution in [0.25, 0.3) is 71.2 Å². The molecule has 5 heterocycles. The lowest BCUT2D eigenvalue weighted by molar-refractivity contribution is 0.188. The second-order valence-corrected chi connectivity index (χ2v) is 20.8. The summed E-state index contributed by atoms with van der Waals surface area (Å²) in [6.07, 6.45) is 9.51. The van der Waals surface area contributed by atoms with Gasteiger partial charge in [0.25, 0.3) is 0 Å². The van der Waals surface area contributed by atoms with E-state index in [1.54, 1.807) is 0 Å². The molecule has 6 aliphatic carbocycles. The number of aromatic nitrogens is 3. The second-order valence-electron chi connectivity index (χ2n) is 20.8. The van der Waals surface area contributed by atoms with Gasteiger partial charge in [0.05, 0.1) is 38.4 Å². The molecule has 5 aromatic heterocycles. The smallest absolute Gasteiger partial charge is 0.199 e. The van der Waals surface area contributed by atoms with Crippen LogP contribution in [0.4, 0.5) is 0 Å². The molecule has 4 aromatic carbocycles. The quantitative estimate of drug-likeness (QED) is 0.157. The second kappa shape index (κ2) is 9.04. The van der Waals surface area contributed by atoms with Crippen molar-refractivity contribution in [1.29, 1.82) is 0 Å². The number of hydrogen-bond acceptors (Lipinski definition) is 2. The SMILES string of the molecule is CC(C)(C)c1cc2c(=O)c3c4cc5c(cc4n4c6ccccc6n6c7cc8c(cc7c7c(=O)c(c1)c2n(c34)c76)C1(C)CCC8(C)CC1)C1(C)CCC5(C)CC1. The van der Waals surface area contributed by atoms with Crippen molar-refractivity contribution in [2.24, 2.45) is 0 Å². The summed E-state index contributed by atoms with van der Waals surface area (Å²) in [6, 6.07) is 22.7. The van der Waals surface area contributed by atoms with E-state index in [0.717, 1.165) is 66.0 Å². The molecule has 6 aliphatic rings. The van der Waals surface area contributed by atoms with Crippen molar-refractivity contribution in [3.05, 3.63) is 109 Å². The topological polar surface area (TPSA) is 47.4 Å². The summed E-state index contributed by atoms with van der Waals surface area (Å²) < 4.78 is 7.16. The standard InChI is InChI=1S/C50H47N3O2/c1-46(2,3)26-20-29-41-30(21-26)43(55)40-28-23-32-34(50(7)18-14-48(32,5)15-19-50)25-38(28)52-36-11-9-8-10-35(36)51-37-24-33-31(47(4)12-16-49(33,6)17-13-47)22-27(37)39(42(29)54)44(51)53(41)45(40)52/h8-11,20-25H,12-19H2,1-7H3. The highest BCUT2D eigenvalue weighted by molar-refractivity contribution is 6.20. The molecule has 2 saturated carbocycles. The Bertz CT molecular complexity index is 3190. The van der Waals surface area contributed by atoms with Gasteiger partial charge in [0.2, 0.25) is 0 Å². The zero-order valence-corrected chi connectivity index (χ0v) is 33.1. The van der Waals surface area contributed by atoms with Crippen molar-refractivity contribution in [1.82, 2.24) is 13.2 Å². The van der Waals surface area contributed by atoms with Gasteiger partial charge in [-0.1, -0.05) is 60.6 Å². The lowest BCUT2D eigenvalue weighted by Gasteiger charge is -2.52. The van der Waals surface area contributed by atoms with Gasteiger partial charge < -0.3 is 0 Å². The molecule has 4 bridgehead atoms. The van der Waals surface area contributed by atoms with Crippen molar-refractivity contribution in [3.8, 4) is 0 Å². The molecule has 2 fully saturated rings. The van der Waals surface area contributed by atoms with Gasteiger partial charge in [0.15, 0.2) is 10.9 Å². The van der Waals surface area contributed by atoms with E-state index in [0.29, 0.717) is 10.8 Å². The minimum absolute atomic E-state index is 0.0285. The molecule has 5 nitrogen and oxygen atoms in total. The van der Waals surface area contributed by atoms with Crippen molar-refractivity contribution in [3.63, 3.8) is 0 Å². The average molecular weight is 722 g/mol. The minimum Gasteiger partial charge on any atom is -0.293 e. The Balaban J connectivity index is 1.38. The van der Waals surface area contributed by atoms with E-state index in [4.69, 9.17) is 0 Å². The number of benzene rings is 4. The van der Waals surface area contributed by atoms with Crippen LogP contribution in [0.5, 0.6) is 0 Å². The van der Waals surface area contributed by atoms with Crippen LogP contribution in [-0.4, -0.2) is 13.2 Å². The predicted molar refractivity (Wildman–Crippen MR) is 227 cm³/mol. The van der Waals surface area contributed by atoms with E-state index in [-0.39, 0.29) is 37.9 Å². The third kappa shape index (κ3) is 3.36. The minimum atomic E-state index is -0.256. The Morgan fingerprint density at radius 2 is 0.836 bits per heavy atom. The molecule has 0 radical (unpaired) electrons. The summed E-state index contributed by atoms with van der Waals surface area (Å²) in [5.74, 6) is 0. The molecule has 0 unspecified atom stereocenters. The molecule has 0 atom stereocenters. The molecule has 0 spiro atoms. The average Bonchev–Trinajstić information content (AvgIpc) is 3.63.